The quantitative estimate of drug-likeness (QED) is 0.880. The molecule has 0 radical (unpaired) electrons. The normalized spacial score (nSPS) is 11.2. The highest BCUT2D eigenvalue weighted by Gasteiger charge is 2.19. The van der Waals surface area contributed by atoms with Gasteiger partial charge in [-0.1, -0.05) is 12.1 Å². The van der Waals surface area contributed by atoms with Gasteiger partial charge in [-0.05, 0) is 38.1 Å². The number of anilines is 2. The van der Waals surface area contributed by atoms with Crippen molar-refractivity contribution in [3.05, 3.63) is 35.5 Å². The topological polar surface area (TPSA) is 101 Å². The van der Waals surface area contributed by atoms with Crippen molar-refractivity contribution in [2.45, 2.75) is 32.1 Å². The van der Waals surface area contributed by atoms with Crippen LogP contribution in [0.25, 0.3) is 0 Å². The maximum Gasteiger partial charge on any atom is 0.264 e. The number of rotatable bonds is 5. The van der Waals surface area contributed by atoms with Gasteiger partial charge in [-0.25, -0.2) is 13.1 Å². The third-order valence-electron chi connectivity index (χ3n) is 3.15. The monoisotopic (exact) mass is 323 g/mol. The van der Waals surface area contributed by atoms with Gasteiger partial charge >= 0.3 is 0 Å². The molecule has 0 saturated heterocycles. The van der Waals surface area contributed by atoms with Crippen molar-refractivity contribution >= 4 is 27.5 Å². The molecule has 2 aromatic rings. The van der Waals surface area contributed by atoms with Crippen LogP contribution in [0.5, 0.6) is 0 Å². The Labute approximate surface area is 128 Å². The summed E-state index contributed by atoms with van der Waals surface area (Å²) in [5, 5.41) is 6.35. The van der Waals surface area contributed by atoms with Crippen LogP contribution in [0.1, 0.15) is 24.6 Å². The van der Waals surface area contributed by atoms with Gasteiger partial charge in [-0.2, -0.15) is 0 Å². The molecule has 22 heavy (non-hydrogen) atoms. The van der Waals surface area contributed by atoms with Crippen molar-refractivity contribution in [2.24, 2.45) is 0 Å². The number of sulfonamides is 1. The molecule has 1 heterocycles. The number of aryl methyl sites for hydroxylation is 1. The van der Waals surface area contributed by atoms with E-state index >= 15 is 0 Å². The van der Waals surface area contributed by atoms with E-state index in [1.165, 1.54) is 24.3 Å². The predicted octanol–water partition coefficient (Wildman–Crippen LogP) is 2.44. The van der Waals surface area contributed by atoms with E-state index < -0.39 is 10.0 Å². The molecule has 0 unspecified atom stereocenters. The fourth-order valence-corrected chi connectivity index (χ4v) is 2.70. The highest BCUT2D eigenvalue weighted by atomic mass is 32.2. The second kappa shape index (κ2) is 6.18. The number of amides is 1. The molecule has 118 valence electrons. The molecule has 1 aromatic heterocycles. The van der Waals surface area contributed by atoms with Gasteiger partial charge in [-0.3, -0.25) is 4.79 Å². The van der Waals surface area contributed by atoms with Crippen LogP contribution in [0.15, 0.2) is 33.7 Å². The van der Waals surface area contributed by atoms with Crippen molar-refractivity contribution in [1.82, 2.24) is 5.16 Å². The smallest absolute Gasteiger partial charge is 0.264 e. The van der Waals surface area contributed by atoms with Crippen LogP contribution < -0.4 is 10.0 Å². The zero-order chi connectivity index (χ0) is 16.3. The Morgan fingerprint density at radius 2 is 1.86 bits per heavy atom. The molecule has 0 atom stereocenters. The number of hydrogen-bond acceptors (Lipinski definition) is 5. The lowest BCUT2D eigenvalue weighted by molar-refractivity contribution is -0.115. The summed E-state index contributed by atoms with van der Waals surface area (Å²) >= 11 is 0. The molecular weight excluding hydrogens is 306 g/mol. The molecule has 0 fully saturated rings. The average molecular weight is 323 g/mol. The highest BCUT2D eigenvalue weighted by molar-refractivity contribution is 7.92. The summed E-state index contributed by atoms with van der Waals surface area (Å²) in [6.45, 7) is 5.18. The Kier molecular flexibility index (Phi) is 4.51. The van der Waals surface area contributed by atoms with E-state index in [0.29, 0.717) is 23.4 Å². The van der Waals surface area contributed by atoms with Gasteiger partial charge in [-0.15, -0.1) is 0 Å². The first-order valence-corrected chi connectivity index (χ1v) is 8.17. The van der Waals surface area contributed by atoms with Gasteiger partial charge in [0.25, 0.3) is 10.0 Å². The first kappa shape index (κ1) is 16.0. The average Bonchev–Trinajstić information content (AvgIpc) is 2.79. The lowest BCUT2D eigenvalue weighted by atomic mass is 10.3. The molecule has 2 N–H and O–H groups in total. The Morgan fingerprint density at radius 3 is 2.36 bits per heavy atom. The minimum atomic E-state index is -3.77. The molecule has 0 bridgehead atoms. The van der Waals surface area contributed by atoms with Crippen molar-refractivity contribution in [2.75, 3.05) is 10.0 Å². The number of carbonyl (C=O) groups excluding carboxylic acids is 1. The fraction of sp³-hybridized carbons (Fsp3) is 0.286. The summed E-state index contributed by atoms with van der Waals surface area (Å²) in [5.74, 6) is -0.0395. The Balaban J connectivity index is 2.19. The van der Waals surface area contributed by atoms with Gasteiger partial charge in [0, 0.05) is 17.7 Å². The summed E-state index contributed by atoms with van der Waals surface area (Å²) in [4.78, 5) is 11.3. The molecule has 1 aromatic carbocycles. The van der Waals surface area contributed by atoms with Crippen LogP contribution in [0.2, 0.25) is 0 Å². The van der Waals surface area contributed by atoms with Crippen LogP contribution in [-0.2, 0) is 14.8 Å². The molecule has 0 aliphatic rings. The Morgan fingerprint density at radius 1 is 1.23 bits per heavy atom. The van der Waals surface area contributed by atoms with E-state index in [1.807, 2.05) is 0 Å². The van der Waals surface area contributed by atoms with Gasteiger partial charge in [0.15, 0.2) is 0 Å². The van der Waals surface area contributed by atoms with E-state index in [1.54, 1.807) is 20.8 Å². The second-order valence-corrected chi connectivity index (χ2v) is 6.44. The first-order chi connectivity index (χ1) is 10.3. The van der Waals surface area contributed by atoms with Crippen molar-refractivity contribution in [3.63, 3.8) is 0 Å². The van der Waals surface area contributed by atoms with E-state index in [4.69, 9.17) is 4.52 Å². The summed E-state index contributed by atoms with van der Waals surface area (Å²) in [5.41, 5.74) is 1.79. The first-order valence-electron chi connectivity index (χ1n) is 6.69. The van der Waals surface area contributed by atoms with Crippen molar-refractivity contribution < 1.29 is 17.7 Å². The molecule has 2 rings (SSSR count). The number of aromatic nitrogens is 1. The van der Waals surface area contributed by atoms with Crippen molar-refractivity contribution in [3.8, 4) is 0 Å². The third kappa shape index (κ3) is 3.45. The van der Waals surface area contributed by atoms with Crippen molar-refractivity contribution in [1.29, 1.82) is 0 Å². The molecule has 0 saturated carbocycles. The van der Waals surface area contributed by atoms with Gasteiger partial charge in [0.2, 0.25) is 11.8 Å². The lowest BCUT2D eigenvalue weighted by Crippen LogP contribution is -2.14. The van der Waals surface area contributed by atoms with Crippen LogP contribution >= 0.6 is 0 Å². The van der Waals surface area contributed by atoms with Crippen LogP contribution in [0.4, 0.5) is 11.6 Å². The minimum Gasteiger partial charge on any atom is -0.337 e. The molecule has 0 spiro atoms. The largest absolute Gasteiger partial charge is 0.337 e. The number of carbonyl (C=O) groups is 1. The predicted molar refractivity (Wildman–Crippen MR) is 82.1 cm³/mol. The van der Waals surface area contributed by atoms with Crippen LogP contribution in [-0.4, -0.2) is 19.5 Å². The standard InChI is InChI=1S/C14H17N3O4S/c1-4-13(18)15-11-5-7-12(8-6-11)22(19,20)17-14-9(2)10(3)16-21-14/h5-8,17H,4H2,1-3H3,(H,15,18). The minimum absolute atomic E-state index is 0.0652. The van der Waals surface area contributed by atoms with E-state index in [2.05, 4.69) is 15.2 Å². The molecule has 8 heteroatoms. The van der Waals surface area contributed by atoms with E-state index in [0.717, 1.165) is 0 Å². The number of nitrogens with one attached hydrogen (secondary N) is 2. The SMILES string of the molecule is CCC(=O)Nc1ccc(S(=O)(=O)Nc2onc(C)c2C)cc1. The van der Waals surface area contributed by atoms with E-state index in [-0.39, 0.29) is 16.7 Å². The maximum absolute atomic E-state index is 12.3. The lowest BCUT2D eigenvalue weighted by Gasteiger charge is -2.07. The summed E-state index contributed by atoms with van der Waals surface area (Å²) in [7, 11) is -3.77. The molecule has 0 aliphatic heterocycles. The Bertz CT molecular complexity index is 779. The van der Waals surface area contributed by atoms with Crippen LogP contribution in [0, 0.1) is 13.8 Å². The highest BCUT2D eigenvalue weighted by Crippen LogP contribution is 2.22. The van der Waals surface area contributed by atoms with E-state index in [9.17, 15) is 13.2 Å². The zero-order valence-corrected chi connectivity index (χ0v) is 13.3. The van der Waals surface area contributed by atoms with Gasteiger partial charge in [0.05, 0.1) is 10.6 Å². The summed E-state index contributed by atoms with van der Waals surface area (Å²) in [6, 6.07) is 5.87. The summed E-state index contributed by atoms with van der Waals surface area (Å²) < 4.78 is 31.8. The van der Waals surface area contributed by atoms with Gasteiger partial charge < -0.3 is 9.84 Å². The Hall–Kier alpha value is -2.35. The molecule has 7 nitrogen and oxygen atoms in total. The molecule has 1 amide bonds. The maximum atomic E-state index is 12.3. The van der Waals surface area contributed by atoms with Crippen LogP contribution in [0.3, 0.4) is 0 Å². The third-order valence-corrected chi connectivity index (χ3v) is 4.50. The molecular formula is C14H17N3O4S. The second-order valence-electron chi connectivity index (χ2n) is 4.75. The number of benzene rings is 1. The molecule has 0 aliphatic carbocycles. The van der Waals surface area contributed by atoms with Gasteiger partial charge in [0.1, 0.15) is 0 Å². The zero-order valence-electron chi connectivity index (χ0n) is 12.5. The summed E-state index contributed by atoms with van der Waals surface area (Å²) in [6.07, 6.45) is 0.353. The number of nitrogens with zero attached hydrogens (tertiary/aromatic N) is 1. The number of hydrogen-bond donors (Lipinski definition) is 2. The fourth-order valence-electron chi connectivity index (χ4n) is 1.66.